The van der Waals surface area contributed by atoms with Crippen LogP contribution in [0.15, 0.2) is 23.1 Å². The van der Waals surface area contributed by atoms with Crippen LogP contribution in [0.4, 0.5) is 0 Å². The number of methoxy groups -OCH3 is 1. The van der Waals surface area contributed by atoms with Gasteiger partial charge in [0.15, 0.2) is 0 Å². The Labute approximate surface area is 160 Å². The van der Waals surface area contributed by atoms with Gasteiger partial charge in [-0.25, -0.2) is 8.42 Å². The van der Waals surface area contributed by atoms with Crippen LogP contribution in [-0.2, 0) is 14.8 Å². The number of nitrogens with one attached hydrogen (secondary N) is 1. The van der Waals surface area contributed by atoms with Crippen molar-refractivity contribution in [2.45, 2.75) is 43.9 Å². The molecule has 0 aromatic heterocycles. The van der Waals surface area contributed by atoms with Crippen LogP contribution in [0.2, 0.25) is 5.02 Å². The number of hydrogen-bond acceptors (Lipinski definition) is 4. The maximum atomic E-state index is 12.9. The largest absolute Gasteiger partial charge is 0.495 e. The summed E-state index contributed by atoms with van der Waals surface area (Å²) in [5, 5.41) is 3.17. The summed E-state index contributed by atoms with van der Waals surface area (Å²) in [6.07, 6.45) is 4.48. The number of nitrogens with zero attached hydrogens (tertiary/aromatic N) is 1. The zero-order valence-corrected chi connectivity index (χ0v) is 16.9. The smallest absolute Gasteiger partial charge is 0.243 e. The van der Waals surface area contributed by atoms with Gasteiger partial charge in [-0.2, -0.15) is 4.31 Å². The average Bonchev–Trinajstić information content (AvgIpc) is 2.65. The molecule has 1 amide bonds. The van der Waals surface area contributed by atoms with Gasteiger partial charge in [0.2, 0.25) is 15.9 Å². The average molecular weight is 403 g/mol. The van der Waals surface area contributed by atoms with Gasteiger partial charge in [0.1, 0.15) is 5.75 Å². The molecule has 26 heavy (non-hydrogen) atoms. The highest BCUT2D eigenvalue weighted by Gasteiger charge is 2.33. The molecule has 2 rings (SSSR count). The molecule has 1 aliphatic rings. The van der Waals surface area contributed by atoms with Crippen LogP contribution in [0, 0.1) is 5.92 Å². The van der Waals surface area contributed by atoms with Crippen molar-refractivity contribution in [2.75, 3.05) is 26.7 Å². The molecule has 1 saturated heterocycles. The summed E-state index contributed by atoms with van der Waals surface area (Å²) in [5.41, 5.74) is 0. The van der Waals surface area contributed by atoms with Crippen molar-refractivity contribution in [3.05, 3.63) is 23.2 Å². The van der Waals surface area contributed by atoms with E-state index in [2.05, 4.69) is 12.2 Å². The molecule has 146 valence electrons. The van der Waals surface area contributed by atoms with E-state index < -0.39 is 10.0 Å². The molecule has 0 radical (unpaired) electrons. The first-order valence-corrected chi connectivity index (χ1v) is 10.8. The van der Waals surface area contributed by atoms with E-state index >= 15 is 0 Å². The minimum Gasteiger partial charge on any atom is -0.495 e. The van der Waals surface area contributed by atoms with Gasteiger partial charge in [0.25, 0.3) is 0 Å². The van der Waals surface area contributed by atoms with Crippen molar-refractivity contribution >= 4 is 27.5 Å². The summed E-state index contributed by atoms with van der Waals surface area (Å²) >= 11 is 6.06. The zero-order valence-electron chi connectivity index (χ0n) is 15.3. The number of sulfonamides is 1. The number of rotatable bonds is 8. The van der Waals surface area contributed by atoms with Crippen molar-refractivity contribution in [3.8, 4) is 5.75 Å². The molecule has 1 N–H and O–H groups in total. The molecule has 1 aromatic carbocycles. The first kappa shape index (κ1) is 21.0. The third-order valence-corrected chi connectivity index (χ3v) is 6.75. The zero-order chi connectivity index (χ0) is 19.2. The highest BCUT2D eigenvalue weighted by Crippen LogP contribution is 2.30. The fourth-order valence-electron chi connectivity index (χ4n) is 3.06. The third kappa shape index (κ3) is 5.11. The number of ether oxygens (including phenoxy) is 1. The summed E-state index contributed by atoms with van der Waals surface area (Å²) in [5.74, 6) is 0.0521. The summed E-state index contributed by atoms with van der Waals surface area (Å²) in [4.78, 5) is 12.5. The van der Waals surface area contributed by atoms with Crippen LogP contribution < -0.4 is 10.1 Å². The quantitative estimate of drug-likeness (QED) is 0.678. The van der Waals surface area contributed by atoms with E-state index in [-0.39, 0.29) is 28.3 Å². The number of carbonyl (C=O) groups is 1. The van der Waals surface area contributed by atoms with E-state index in [1.165, 1.54) is 29.6 Å². The fraction of sp³-hybridized carbons (Fsp3) is 0.611. The Morgan fingerprint density at radius 3 is 2.81 bits per heavy atom. The Morgan fingerprint density at radius 1 is 1.38 bits per heavy atom. The van der Waals surface area contributed by atoms with Gasteiger partial charge in [-0.05, 0) is 37.5 Å². The molecule has 6 nitrogen and oxygen atoms in total. The van der Waals surface area contributed by atoms with Crippen LogP contribution >= 0.6 is 11.6 Å². The lowest BCUT2D eigenvalue weighted by atomic mass is 9.99. The van der Waals surface area contributed by atoms with Crippen molar-refractivity contribution in [3.63, 3.8) is 0 Å². The molecule has 1 atom stereocenters. The summed E-state index contributed by atoms with van der Waals surface area (Å²) in [7, 11) is -2.22. The molecular formula is C18H27ClN2O4S. The molecule has 0 aliphatic carbocycles. The predicted molar refractivity (Wildman–Crippen MR) is 102 cm³/mol. The van der Waals surface area contributed by atoms with Crippen molar-refractivity contribution in [1.82, 2.24) is 9.62 Å². The van der Waals surface area contributed by atoms with Gasteiger partial charge in [0.05, 0.1) is 22.9 Å². The lowest BCUT2D eigenvalue weighted by Crippen LogP contribution is -2.45. The Kier molecular flexibility index (Phi) is 7.73. The highest BCUT2D eigenvalue weighted by atomic mass is 35.5. The van der Waals surface area contributed by atoms with Gasteiger partial charge in [-0.3, -0.25) is 4.79 Å². The Morgan fingerprint density at radius 2 is 2.15 bits per heavy atom. The lowest BCUT2D eigenvalue weighted by molar-refractivity contribution is -0.126. The van der Waals surface area contributed by atoms with Crippen LogP contribution in [0.1, 0.15) is 39.0 Å². The Bertz CT molecular complexity index is 724. The lowest BCUT2D eigenvalue weighted by Gasteiger charge is -2.31. The molecule has 0 spiro atoms. The molecule has 1 aromatic rings. The van der Waals surface area contributed by atoms with Crippen LogP contribution in [0.25, 0.3) is 0 Å². The van der Waals surface area contributed by atoms with E-state index in [1.54, 1.807) is 0 Å². The van der Waals surface area contributed by atoms with E-state index in [9.17, 15) is 13.2 Å². The Balaban J connectivity index is 2.05. The molecule has 0 saturated carbocycles. The predicted octanol–water partition coefficient (Wildman–Crippen LogP) is 3.06. The molecule has 8 heteroatoms. The number of halogens is 1. The number of unbranched alkanes of at least 4 members (excludes halogenated alkanes) is 2. The Hall–Kier alpha value is -1.31. The van der Waals surface area contributed by atoms with Crippen molar-refractivity contribution in [2.24, 2.45) is 5.92 Å². The van der Waals surface area contributed by atoms with Crippen LogP contribution in [0.3, 0.4) is 0 Å². The van der Waals surface area contributed by atoms with Gasteiger partial charge in [-0.15, -0.1) is 0 Å². The second-order valence-corrected chi connectivity index (χ2v) is 8.84. The summed E-state index contributed by atoms with van der Waals surface area (Å²) in [6.45, 7) is 3.36. The number of amides is 1. The first-order valence-electron chi connectivity index (χ1n) is 9.01. The van der Waals surface area contributed by atoms with Crippen molar-refractivity contribution < 1.29 is 17.9 Å². The maximum Gasteiger partial charge on any atom is 0.243 e. The van der Waals surface area contributed by atoms with E-state index in [4.69, 9.17) is 16.3 Å². The standard InChI is InChI=1S/C18H27ClN2O4S/c1-3-4-5-10-20-18(22)14-7-6-11-21(13-14)26(23,24)15-8-9-17(25-2)16(19)12-15/h8-9,12,14H,3-7,10-11,13H2,1-2H3,(H,20,22)/t14-/m0/s1. The molecule has 0 unspecified atom stereocenters. The first-order chi connectivity index (χ1) is 12.4. The molecular weight excluding hydrogens is 376 g/mol. The maximum absolute atomic E-state index is 12.9. The van der Waals surface area contributed by atoms with E-state index in [0.29, 0.717) is 31.7 Å². The van der Waals surface area contributed by atoms with Crippen molar-refractivity contribution in [1.29, 1.82) is 0 Å². The van der Waals surface area contributed by atoms with Gasteiger partial charge in [-0.1, -0.05) is 31.4 Å². The second-order valence-electron chi connectivity index (χ2n) is 6.50. The minimum absolute atomic E-state index is 0.0613. The number of carbonyl (C=O) groups excluding carboxylic acids is 1. The molecule has 1 heterocycles. The summed E-state index contributed by atoms with van der Waals surface area (Å²) in [6, 6.07) is 4.41. The van der Waals surface area contributed by atoms with Gasteiger partial charge in [0, 0.05) is 19.6 Å². The highest BCUT2D eigenvalue weighted by molar-refractivity contribution is 7.89. The topological polar surface area (TPSA) is 75.7 Å². The molecule has 1 aliphatic heterocycles. The summed E-state index contributed by atoms with van der Waals surface area (Å²) < 4.78 is 32.3. The molecule has 1 fully saturated rings. The fourth-order valence-corrected chi connectivity index (χ4v) is 4.94. The SMILES string of the molecule is CCCCCNC(=O)[C@H]1CCCN(S(=O)(=O)c2ccc(OC)c(Cl)c2)C1. The number of piperidine rings is 1. The monoisotopic (exact) mass is 402 g/mol. The molecule has 0 bridgehead atoms. The number of benzene rings is 1. The van der Waals surface area contributed by atoms with Crippen LogP contribution in [-0.4, -0.2) is 45.4 Å². The number of hydrogen-bond donors (Lipinski definition) is 1. The normalized spacial score (nSPS) is 18.5. The second kappa shape index (κ2) is 9.58. The van der Waals surface area contributed by atoms with Gasteiger partial charge >= 0.3 is 0 Å². The van der Waals surface area contributed by atoms with E-state index in [0.717, 1.165) is 19.3 Å². The third-order valence-electron chi connectivity index (χ3n) is 4.60. The van der Waals surface area contributed by atoms with Gasteiger partial charge < -0.3 is 10.1 Å². The minimum atomic E-state index is -3.69. The van der Waals surface area contributed by atoms with Crippen LogP contribution in [0.5, 0.6) is 5.75 Å². The van der Waals surface area contributed by atoms with E-state index in [1.807, 2.05) is 0 Å².